The fraction of sp³-hybridized carbons (Fsp3) is 0.385. The number of hydrogen-bond donors (Lipinski definition) is 1. The first-order chi connectivity index (χ1) is 8.17. The van der Waals surface area contributed by atoms with Crippen LogP contribution in [0, 0.1) is 0 Å². The monoisotopic (exact) mass is 237 g/mol. The van der Waals surface area contributed by atoms with Crippen molar-refractivity contribution in [2.75, 3.05) is 7.05 Å². The van der Waals surface area contributed by atoms with Gasteiger partial charge in [0.05, 0.1) is 0 Å². The lowest BCUT2D eigenvalue weighted by Gasteiger charge is -2.13. The summed E-state index contributed by atoms with van der Waals surface area (Å²) in [5.74, 6) is 0.398. The maximum absolute atomic E-state index is 11.0. The Morgan fingerprint density at radius 3 is 2.71 bits per heavy atom. The molecule has 0 saturated heterocycles. The van der Waals surface area contributed by atoms with Gasteiger partial charge in [0.25, 0.3) is 0 Å². The molecule has 4 heteroatoms. The summed E-state index contributed by atoms with van der Waals surface area (Å²) in [6, 6.07) is 0. The molecular formula is C13H19NO3. The van der Waals surface area contributed by atoms with Crippen molar-refractivity contribution in [3.05, 3.63) is 36.6 Å². The Kier molecular flexibility index (Phi) is 8.37. The molecule has 4 nitrogen and oxygen atoms in total. The molecule has 94 valence electrons. The Bertz CT molecular complexity index is 319. The van der Waals surface area contributed by atoms with E-state index in [1.54, 1.807) is 19.2 Å². The zero-order valence-corrected chi connectivity index (χ0v) is 10.3. The molecule has 0 rings (SSSR count). The smallest absolute Gasteiger partial charge is 0.219 e. The van der Waals surface area contributed by atoms with Crippen LogP contribution in [-0.2, 0) is 14.3 Å². The fourth-order valence-electron chi connectivity index (χ4n) is 1.07. The molecule has 1 amide bonds. The van der Waals surface area contributed by atoms with Crippen LogP contribution in [0.3, 0.4) is 0 Å². The molecule has 0 aromatic heterocycles. The van der Waals surface area contributed by atoms with Crippen molar-refractivity contribution in [2.45, 2.75) is 25.9 Å². The van der Waals surface area contributed by atoms with Crippen molar-refractivity contribution < 1.29 is 14.3 Å². The zero-order valence-electron chi connectivity index (χ0n) is 10.3. The largest absolute Gasteiger partial charge is 0.483 e. The first kappa shape index (κ1) is 15.2. The van der Waals surface area contributed by atoms with Crippen molar-refractivity contribution in [3.8, 4) is 0 Å². The maximum Gasteiger partial charge on any atom is 0.219 e. The Hall–Kier alpha value is -1.84. The average molecular weight is 237 g/mol. The number of hydrogen-bond acceptors (Lipinski definition) is 3. The topological polar surface area (TPSA) is 55.4 Å². The van der Waals surface area contributed by atoms with Crippen LogP contribution >= 0.6 is 0 Å². The van der Waals surface area contributed by atoms with Crippen LogP contribution in [0.5, 0.6) is 0 Å². The van der Waals surface area contributed by atoms with E-state index in [1.165, 1.54) is 6.08 Å². The summed E-state index contributed by atoms with van der Waals surface area (Å²) in [5.41, 5.74) is 0. The third-order valence-corrected chi connectivity index (χ3v) is 2.03. The zero-order chi connectivity index (χ0) is 13.1. The highest BCUT2D eigenvalue weighted by Crippen LogP contribution is 2.08. The van der Waals surface area contributed by atoms with Crippen LogP contribution in [0.2, 0.25) is 0 Å². The number of carbonyl (C=O) groups is 2. The Labute approximate surface area is 102 Å². The first-order valence-corrected chi connectivity index (χ1v) is 5.45. The van der Waals surface area contributed by atoms with Gasteiger partial charge in [-0.3, -0.25) is 9.59 Å². The molecule has 0 radical (unpaired) electrons. The Morgan fingerprint density at radius 1 is 1.53 bits per heavy atom. The van der Waals surface area contributed by atoms with E-state index < -0.39 is 6.10 Å². The van der Waals surface area contributed by atoms with Crippen LogP contribution < -0.4 is 5.32 Å². The van der Waals surface area contributed by atoms with Gasteiger partial charge in [-0.2, -0.15) is 0 Å². The molecule has 0 fully saturated rings. The molecular weight excluding hydrogens is 218 g/mol. The van der Waals surface area contributed by atoms with Gasteiger partial charge in [-0.05, 0) is 25.5 Å². The van der Waals surface area contributed by atoms with Crippen molar-refractivity contribution in [3.63, 3.8) is 0 Å². The minimum absolute atomic E-state index is 0.113. The van der Waals surface area contributed by atoms with Crippen LogP contribution in [0.1, 0.15) is 19.8 Å². The molecule has 0 aromatic carbocycles. The molecule has 0 aliphatic heterocycles. The Morgan fingerprint density at radius 2 is 2.24 bits per heavy atom. The standard InChI is InChI=1S/C13H19NO3/c1-4-6-7-11(5-2)17-12(10-15)8-9-13(16)14-3/h4-7,10,12H,2,8-9H2,1,3H3,(H,14,16)/b6-4-,11-7+. The van der Waals surface area contributed by atoms with Gasteiger partial charge < -0.3 is 10.1 Å². The molecule has 17 heavy (non-hydrogen) atoms. The second-order valence-electron chi connectivity index (χ2n) is 3.30. The van der Waals surface area contributed by atoms with E-state index in [4.69, 9.17) is 4.74 Å². The summed E-state index contributed by atoms with van der Waals surface area (Å²) in [6.07, 6.45) is 7.54. The molecule has 0 aliphatic rings. The van der Waals surface area contributed by atoms with Crippen LogP contribution in [-0.4, -0.2) is 25.3 Å². The van der Waals surface area contributed by atoms with E-state index in [2.05, 4.69) is 11.9 Å². The number of amides is 1. The minimum Gasteiger partial charge on any atom is -0.483 e. The number of ether oxygens (including phenoxy) is 1. The third kappa shape index (κ3) is 7.11. The van der Waals surface area contributed by atoms with Gasteiger partial charge in [-0.1, -0.05) is 18.7 Å². The molecule has 0 heterocycles. The van der Waals surface area contributed by atoms with Crippen LogP contribution in [0.15, 0.2) is 36.6 Å². The van der Waals surface area contributed by atoms with Crippen molar-refractivity contribution in [1.29, 1.82) is 0 Å². The maximum atomic E-state index is 11.0. The third-order valence-electron chi connectivity index (χ3n) is 2.03. The number of carbonyl (C=O) groups excluding carboxylic acids is 2. The summed E-state index contributed by atoms with van der Waals surface area (Å²) in [7, 11) is 1.56. The molecule has 0 spiro atoms. The number of nitrogens with one attached hydrogen (secondary N) is 1. The van der Waals surface area contributed by atoms with Crippen molar-refractivity contribution >= 4 is 12.2 Å². The molecule has 1 N–H and O–H groups in total. The average Bonchev–Trinajstić information content (AvgIpc) is 2.37. The lowest BCUT2D eigenvalue weighted by Crippen LogP contribution is -2.21. The van der Waals surface area contributed by atoms with Crippen molar-refractivity contribution in [1.82, 2.24) is 5.32 Å². The predicted octanol–water partition coefficient (Wildman–Crippen LogP) is 1.74. The molecule has 1 unspecified atom stereocenters. The summed E-state index contributed by atoms with van der Waals surface area (Å²) in [5, 5.41) is 2.49. The van der Waals surface area contributed by atoms with Gasteiger partial charge in [0, 0.05) is 13.5 Å². The van der Waals surface area contributed by atoms with Gasteiger partial charge in [-0.15, -0.1) is 0 Å². The lowest BCUT2D eigenvalue weighted by molar-refractivity contribution is -0.122. The molecule has 0 bridgehead atoms. The van der Waals surface area contributed by atoms with E-state index >= 15 is 0 Å². The van der Waals surface area contributed by atoms with E-state index in [0.29, 0.717) is 18.5 Å². The summed E-state index contributed by atoms with van der Waals surface area (Å²) in [6.45, 7) is 5.47. The van der Waals surface area contributed by atoms with Gasteiger partial charge in [0.1, 0.15) is 5.76 Å². The normalized spacial score (nSPS) is 13.2. The SMILES string of the molecule is C=C/C(=C\C=C/C)OC(C=O)CCC(=O)NC. The van der Waals surface area contributed by atoms with Gasteiger partial charge in [-0.25, -0.2) is 0 Å². The first-order valence-electron chi connectivity index (χ1n) is 5.45. The van der Waals surface area contributed by atoms with E-state index in [9.17, 15) is 9.59 Å². The molecule has 0 aliphatic carbocycles. The highest BCUT2D eigenvalue weighted by molar-refractivity contribution is 5.76. The number of allylic oxidation sites excluding steroid dienone is 4. The summed E-state index contributed by atoms with van der Waals surface area (Å²) < 4.78 is 5.39. The van der Waals surface area contributed by atoms with Gasteiger partial charge in [0.2, 0.25) is 5.91 Å². The highest BCUT2D eigenvalue weighted by Gasteiger charge is 2.11. The van der Waals surface area contributed by atoms with Crippen molar-refractivity contribution in [2.24, 2.45) is 0 Å². The second kappa shape index (κ2) is 9.39. The fourth-order valence-corrected chi connectivity index (χ4v) is 1.07. The highest BCUT2D eigenvalue weighted by atomic mass is 16.5. The number of aldehydes is 1. The lowest BCUT2D eigenvalue weighted by atomic mass is 10.2. The van der Waals surface area contributed by atoms with Gasteiger partial charge in [0.15, 0.2) is 12.4 Å². The van der Waals surface area contributed by atoms with Crippen LogP contribution in [0.4, 0.5) is 0 Å². The predicted molar refractivity (Wildman–Crippen MR) is 67.3 cm³/mol. The minimum atomic E-state index is -0.623. The molecule has 0 saturated carbocycles. The van der Waals surface area contributed by atoms with Gasteiger partial charge >= 0.3 is 0 Å². The quantitative estimate of drug-likeness (QED) is 0.397. The van der Waals surface area contributed by atoms with E-state index in [0.717, 1.165) is 0 Å². The second-order valence-corrected chi connectivity index (χ2v) is 3.30. The van der Waals surface area contributed by atoms with E-state index in [-0.39, 0.29) is 12.3 Å². The summed E-state index contributed by atoms with van der Waals surface area (Å²) in [4.78, 5) is 21.8. The number of rotatable bonds is 8. The summed E-state index contributed by atoms with van der Waals surface area (Å²) >= 11 is 0. The Balaban J connectivity index is 4.32. The molecule has 0 aromatic rings. The molecule has 1 atom stereocenters. The van der Waals surface area contributed by atoms with E-state index in [1.807, 2.05) is 13.0 Å². The van der Waals surface area contributed by atoms with Crippen LogP contribution in [0.25, 0.3) is 0 Å².